The molecule has 22 heavy (non-hydrogen) atoms. The molecule has 0 fully saturated rings. The smallest absolute Gasteiger partial charge is 0.207 e. The molecule has 0 aromatic heterocycles. The molecule has 1 atom stereocenters. The van der Waals surface area contributed by atoms with Crippen molar-refractivity contribution in [2.45, 2.75) is 28.7 Å². The average molecular weight is 385 g/mol. The quantitative estimate of drug-likeness (QED) is 0.802. The molecule has 0 saturated carbocycles. The molecule has 0 aliphatic heterocycles. The largest absolute Gasteiger partial charge is 0.394 e. The van der Waals surface area contributed by atoms with Crippen LogP contribution in [0.25, 0.3) is 0 Å². The average Bonchev–Trinajstić information content (AvgIpc) is 2.54. The van der Waals surface area contributed by atoms with Crippen LogP contribution in [0.1, 0.15) is 12.0 Å². The molecule has 2 aromatic rings. The molecule has 0 aliphatic rings. The van der Waals surface area contributed by atoms with Crippen LogP contribution in [0.4, 0.5) is 0 Å². The third-order valence-corrected chi connectivity index (χ3v) is 6.35. The Kier molecular flexibility index (Phi) is 5.74. The van der Waals surface area contributed by atoms with Crippen molar-refractivity contribution in [1.29, 1.82) is 0 Å². The first-order chi connectivity index (χ1) is 10.5. The number of benzene rings is 2. The van der Waals surface area contributed by atoms with Gasteiger partial charge in [-0.25, -0.2) is 8.42 Å². The van der Waals surface area contributed by atoms with Crippen molar-refractivity contribution in [3.8, 4) is 0 Å². The Morgan fingerprint density at radius 2 is 1.73 bits per heavy atom. The van der Waals surface area contributed by atoms with Crippen LogP contribution in [-0.4, -0.2) is 31.3 Å². The second-order valence-corrected chi connectivity index (χ2v) is 7.63. The first-order valence-electron chi connectivity index (χ1n) is 6.83. The van der Waals surface area contributed by atoms with Gasteiger partial charge in [0.25, 0.3) is 0 Å². The lowest BCUT2D eigenvalue weighted by Crippen LogP contribution is -2.13. The van der Waals surface area contributed by atoms with Gasteiger partial charge in [0.05, 0.1) is 22.5 Å². The SMILES string of the molecule is O=S(=O)(c1ccccc1)c1cccc(CCC(O)CO)c1Br. The molecule has 6 heteroatoms. The van der Waals surface area contributed by atoms with E-state index in [9.17, 15) is 13.5 Å². The number of sulfone groups is 1. The standard InChI is InChI=1S/C16H17BrO4S/c17-16-12(9-10-13(19)11-18)5-4-8-15(16)22(20,21)14-6-2-1-3-7-14/h1-8,13,18-19H,9-11H2. The minimum absolute atomic E-state index is 0.203. The number of aliphatic hydroxyl groups excluding tert-OH is 2. The lowest BCUT2D eigenvalue weighted by molar-refractivity contribution is 0.0885. The zero-order chi connectivity index (χ0) is 16.2. The Bertz CT molecular complexity index is 729. The van der Waals surface area contributed by atoms with Gasteiger partial charge in [-0.05, 0) is 52.5 Å². The van der Waals surface area contributed by atoms with Gasteiger partial charge >= 0.3 is 0 Å². The first kappa shape index (κ1) is 17.1. The van der Waals surface area contributed by atoms with Crippen LogP contribution in [0.15, 0.2) is 62.8 Å². The van der Waals surface area contributed by atoms with Crippen molar-refractivity contribution in [1.82, 2.24) is 0 Å². The van der Waals surface area contributed by atoms with Gasteiger partial charge < -0.3 is 10.2 Å². The maximum Gasteiger partial charge on any atom is 0.207 e. The monoisotopic (exact) mass is 384 g/mol. The molecule has 0 saturated heterocycles. The summed E-state index contributed by atoms with van der Waals surface area (Å²) in [4.78, 5) is 0.443. The third kappa shape index (κ3) is 3.76. The van der Waals surface area contributed by atoms with E-state index in [0.717, 1.165) is 5.56 Å². The van der Waals surface area contributed by atoms with E-state index in [-0.39, 0.29) is 16.4 Å². The Hall–Kier alpha value is -1.21. The van der Waals surface area contributed by atoms with Crippen LogP contribution in [-0.2, 0) is 16.3 Å². The van der Waals surface area contributed by atoms with Gasteiger partial charge in [-0.1, -0.05) is 30.3 Å². The molecule has 4 nitrogen and oxygen atoms in total. The summed E-state index contributed by atoms with van der Waals surface area (Å²) in [7, 11) is -3.60. The van der Waals surface area contributed by atoms with Gasteiger partial charge in [-0.2, -0.15) is 0 Å². The first-order valence-corrected chi connectivity index (χ1v) is 9.11. The van der Waals surface area contributed by atoms with Gasteiger partial charge in [0.1, 0.15) is 0 Å². The number of rotatable bonds is 6. The van der Waals surface area contributed by atoms with E-state index >= 15 is 0 Å². The second-order valence-electron chi connectivity index (χ2n) is 4.92. The maximum absolute atomic E-state index is 12.7. The molecule has 0 amide bonds. The lowest BCUT2D eigenvalue weighted by atomic mass is 10.1. The van der Waals surface area contributed by atoms with Crippen LogP contribution in [0.5, 0.6) is 0 Å². The topological polar surface area (TPSA) is 74.6 Å². The van der Waals surface area contributed by atoms with E-state index in [1.54, 1.807) is 48.5 Å². The molecule has 1 unspecified atom stereocenters. The highest BCUT2D eigenvalue weighted by atomic mass is 79.9. The van der Waals surface area contributed by atoms with E-state index in [0.29, 0.717) is 17.3 Å². The number of aliphatic hydroxyl groups is 2. The Morgan fingerprint density at radius 1 is 1.05 bits per heavy atom. The minimum atomic E-state index is -3.60. The Balaban J connectivity index is 2.37. The summed E-state index contributed by atoms with van der Waals surface area (Å²) < 4.78 is 25.9. The highest BCUT2D eigenvalue weighted by Gasteiger charge is 2.21. The molecular weight excluding hydrogens is 368 g/mol. The van der Waals surface area contributed by atoms with Crippen LogP contribution >= 0.6 is 15.9 Å². The van der Waals surface area contributed by atoms with E-state index in [1.807, 2.05) is 0 Å². The van der Waals surface area contributed by atoms with Crippen molar-refractivity contribution in [3.05, 3.63) is 58.6 Å². The normalized spacial score (nSPS) is 13.0. The summed E-state index contributed by atoms with van der Waals surface area (Å²) in [5.41, 5.74) is 0.782. The number of hydrogen-bond acceptors (Lipinski definition) is 4. The zero-order valence-electron chi connectivity index (χ0n) is 11.8. The summed E-state index contributed by atoms with van der Waals surface area (Å²) in [5.74, 6) is 0. The predicted molar refractivity (Wildman–Crippen MR) is 87.4 cm³/mol. The van der Waals surface area contributed by atoms with Crippen LogP contribution in [0.2, 0.25) is 0 Å². The molecule has 0 heterocycles. The van der Waals surface area contributed by atoms with Gasteiger partial charge in [0, 0.05) is 4.47 Å². The van der Waals surface area contributed by atoms with E-state index in [2.05, 4.69) is 15.9 Å². The van der Waals surface area contributed by atoms with Gasteiger partial charge in [-0.15, -0.1) is 0 Å². The molecule has 2 aromatic carbocycles. The molecule has 0 aliphatic carbocycles. The Morgan fingerprint density at radius 3 is 2.36 bits per heavy atom. The summed E-state index contributed by atoms with van der Waals surface area (Å²) in [6.07, 6.45) is 0.0333. The van der Waals surface area contributed by atoms with Crippen LogP contribution in [0, 0.1) is 0 Å². The maximum atomic E-state index is 12.7. The zero-order valence-corrected chi connectivity index (χ0v) is 14.2. The summed E-state index contributed by atoms with van der Waals surface area (Å²) in [6, 6.07) is 13.3. The van der Waals surface area contributed by atoms with Gasteiger partial charge in [-0.3, -0.25) is 0 Å². The summed E-state index contributed by atoms with van der Waals surface area (Å²) in [5, 5.41) is 18.3. The van der Waals surface area contributed by atoms with E-state index in [1.165, 1.54) is 0 Å². The van der Waals surface area contributed by atoms with Crippen molar-refractivity contribution >= 4 is 25.8 Å². The molecule has 2 N–H and O–H groups in total. The molecule has 0 bridgehead atoms. The molecule has 118 valence electrons. The van der Waals surface area contributed by atoms with Crippen molar-refractivity contribution in [3.63, 3.8) is 0 Å². The van der Waals surface area contributed by atoms with Crippen molar-refractivity contribution in [2.24, 2.45) is 0 Å². The molecule has 0 spiro atoms. The minimum Gasteiger partial charge on any atom is -0.394 e. The third-order valence-electron chi connectivity index (χ3n) is 3.34. The van der Waals surface area contributed by atoms with Gasteiger partial charge in [0.2, 0.25) is 9.84 Å². The second kappa shape index (κ2) is 7.37. The van der Waals surface area contributed by atoms with E-state index < -0.39 is 15.9 Å². The molecular formula is C16H17BrO4S. The molecule has 0 radical (unpaired) electrons. The number of halogens is 1. The Labute approximate surface area is 138 Å². The van der Waals surface area contributed by atoms with Crippen LogP contribution < -0.4 is 0 Å². The fraction of sp³-hybridized carbons (Fsp3) is 0.250. The summed E-state index contributed by atoms with van der Waals surface area (Å²) >= 11 is 3.36. The number of hydrogen-bond donors (Lipinski definition) is 2. The number of aryl methyl sites for hydroxylation is 1. The molecule has 2 rings (SSSR count). The van der Waals surface area contributed by atoms with Crippen molar-refractivity contribution in [2.75, 3.05) is 6.61 Å². The predicted octanol–water partition coefficient (Wildman–Crippen LogP) is 2.57. The van der Waals surface area contributed by atoms with Crippen LogP contribution in [0.3, 0.4) is 0 Å². The van der Waals surface area contributed by atoms with E-state index in [4.69, 9.17) is 5.11 Å². The fourth-order valence-corrected chi connectivity index (χ4v) is 4.59. The highest BCUT2D eigenvalue weighted by Crippen LogP contribution is 2.31. The summed E-state index contributed by atoms with van der Waals surface area (Å²) in [6.45, 7) is -0.306. The lowest BCUT2D eigenvalue weighted by Gasteiger charge is -2.12. The highest BCUT2D eigenvalue weighted by molar-refractivity contribution is 9.10. The van der Waals surface area contributed by atoms with Crippen molar-refractivity contribution < 1.29 is 18.6 Å². The fourth-order valence-electron chi connectivity index (χ4n) is 2.10. The van der Waals surface area contributed by atoms with Gasteiger partial charge in [0.15, 0.2) is 0 Å².